The van der Waals surface area contributed by atoms with Gasteiger partial charge in [-0.25, -0.2) is 4.79 Å². The van der Waals surface area contributed by atoms with Crippen LogP contribution in [0.15, 0.2) is 59.5 Å². The second-order valence-electron chi connectivity index (χ2n) is 5.23. The van der Waals surface area contributed by atoms with Gasteiger partial charge in [0.05, 0.1) is 6.54 Å². The first kappa shape index (κ1) is 15.1. The molecule has 1 heterocycles. The first-order chi connectivity index (χ1) is 11.1. The lowest BCUT2D eigenvalue weighted by Gasteiger charge is -2.14. The lowest BCUT2D eigenvalue weighted by molar-refractivity contribution is 0.0920. The summed E-state index contributed by atoms with van der Waals surface area (Å²) in [5.74, 6) is 0.859. The van der Waals surface area contributed by atoms with E-state index in [1.165, 1.54) is 16.8 Å². The fraction of sp³-hybridized carbons (Fsp3) is 0.176. The van der Waals surface area contributed by atoms with E-state index >= 15 is 0 Å². The molecular weight excluding hydrogens is 294 g/mol. The summed E-state index contributed by atoms with van der Waals surface area (Å²) in [6.45, 7) is 0.168. The molecule has 3 N–H and O–H groups in total. The van der Waals surface area contributed by atoms with Crippen LogP contribution >= 0.6 is 0 Å². The molecule has 0 aliphatic rings. The van der Waals surface area contributed by atoms with Crippen LogP contribution in [0.2, 0.25) is 0 Å². The number of rotatable bonds is 5. The minimum Gasteiger partial charge on any atom is -0.490 e. The maximum absolute atomic E-state index is 11.6. The van der Waals surface area contributed by atoms with E-state index in [0.29, 0.717) is 5.75 Å². The van der Waals surface area contributed by atoms with Crippen LogP contribution < -0.4 is 16.2 Å². The predicted molar refractivity (Wildman–Crippen MR) is 88.4 cm³/mol. The van der Waals surface area contributed by atoms with E-state index in [4.69, 9.17) is 10.5 Å². The van der Waals surface area contributed by atoms with Crippen LogP contribution in [-0.4, -0.2) is 27.4 Å². The number of nitrogen functional groups attached to an aromatic ring is 1. The van der Waals surface area contributed by atoms with Crippen molar-refractivity contribution in [3.8, 4) is 5.75 Å². The van der Waals surface area contributed by atoms with E-state index in [1.807, 2.05) is 42.5 Å². The minimum absolute atomic E-state index is 0.0742. The van der Waals surface area contributed by atoms with Crippen molar-refractivity contribution in [1.82, 2.24) is 9.55 Å². The largest absolute Gasteiger partial charge is 0.490 e. The van der Waals surface area contributed by atoms with Crippen LogP contribution in [0.1, 0.15) is 0 Å². The highest BCUT2D eigenvalue weighted by Crippen LogP contribution is 2.25. The zero-order valence-corrected chi connectivity index (χ0v) is 12.4. The van der Waals surface area contributed by atoms with Crippen LogP contribution in [-0.2, 0) is 6.54 Å². The quantitative estimate of drug-likeness (QED) is 0.743. The smallest absolute Gasteiger partial charge is 0.349 e. The van der Waals surface area contributed by atoms with Gasteiger partial charge < -0.3 is 15.6 Å². The summed E-state index contributed by atoms with van der Waals surface area (Å²) in [6.07, 6.45) is 0.670. The standard InChI is InChI=1S/C17H17N3O3/c18-16-8-9-20(17(22)19-16)10-13(21)11-23-15-7-3-5-12-4-1-2-6-14(12)15/h1-9,13,21H,10-11H2,(H2,18,19,22)/t13-/m0/s1. The lowest BCUT2D eigenvalue weighted by Crippen LogP contribution is -2.31. The number of aromatic nitrogens is 2. The van der Waals surface area contributed by atoms with Gasteiger partial charge in [0, 0.05) is 11.6 Å². The Bertz CT molecular complexity index is 871. The molecule has 6 nitrogen and oxygen atoms in total. The van der Waals surface area contributed by atoms with E-state index in [9.17, 15) is 9.90 Å². The highest BCUT2D eigenvalue weighted by molar-refractivity contribution is 5.88. The Morgan fingerprint density at radius 3 is 2.78 bits per heavy atom. The molecule has 2 aromatic carbocycles. The van der Waals surface area contributed by atoms with E-state index in [-0.39, 0.29) is 19.0 Å². The summed E-state index contributed by atoms with van der Waals surface area (Å²) in [6, 6.07) is 15.1. The monoisotopic (exact) mass is 311 g/mol. The van der Waals surface area contributed by atoms with Gasteiger partial charge in [-0.2, -0.15) is 4.98 Å². The van der Waals surface area contributed by atoms with Crippen molar-refractivity contribution in [1.29, 1.82) is 0 Å². The van der Waals surface area contributed by atoms with Crippen molar-refractivity contribution < 1.29 is 9.84 Å². The molecule has 118 valence electrons. The average molecular weight is 311 g/mol. The molecule has 0 unspecified atom stereocenters. The molecule has 0 spiro atoms. The fourth-order valence-corrected chi connectivity index (χ4v) is 2.37. The first-order valence-corrected chi connectivity index (χ1v) is 7.25. The number of aliphatic hydroxyl groups excluding tert-OH is 1. The van der Waals surface area contributed by atoms with Crippen LogP contribution in [0.5, 0.6) is 5.75 Å². The minimum atomic E-state index is -0.836. The summed E-state index contributed by atoms with van der Waals surface area (Å²) < 4.78 is 7.01. The lowest BCUT2D eigenvalue weighted by atomic mass is 10.1. The molecule has 6 heteroatoms. The first-order valence-electron chi connectivity index (χ1n) is 7.25. The van der Waals surface area contributed by atoms with Gasteiger partial charge in [-0.15, -0.1) is 0 Å². The molecule has 23 heavy (non-hydrogen) atoms. The van der Waals surface area contributed by atoms with Crippen molar-refractivity contribution >= 4 is 16.6 Å². The molecule has 3 rings (SSSR count). The predicted octanol–water partition coefficient (Wildman–Crippen LogP) is 1.42. The topological polar surface area (TPSA) is 90.4 Å². The molecule has 0 saturated carbocycles. The van der Waals surface area contributed by atoms with Crippen molar-refractivity contribution in [2.24, 2.45) is 0 Å². The van der Waals surface area contributed by atoms with Gasteiger partial charge in [0.15, 0.2) is 0 Å². The fourth-order valence-electron chi connectivity index (χ4n) is 2.37. The van der Waals surface area contributed by atoms with E-state index in [2.05, 4.69) is 4.98 Å². The number of fused-ring (bicyclic) bond motifs is 1. The van der Waals surface area contributed by atoms with Crippen LogP contribution in [0.4, 0.5) is 5.82 Å². The number of hydrogen-bond acceptors (Lipinski definition) is 5. The summed E-state index contributed by atoms with van der Waals surface area (Å²) in [4.78, 5) is 15.3. The highest BCUT2D eigenvalue weighted by Gasteiger charge is 2.09. The molecule has 0 radical (unpaired) electrons. The Kier molecular flexibility index (Phi) is 4.25. The van der Waals surface area contributed by atoms with Crippen molar-refractivity contribution in [2.45, 2.75) is 12.6 Å². The van der Waals surface area contributed by atoms with Gasteiger partial charge in [0.2, 0.25) is 0 Å². The SMILES string of the molecule is Nc1ccn(C[C@H](O)COc2cccc3ccccc23)c(=O)n1. The second kappa shape index (κ2) is 6.50. The van der Waals surface area contributed by atoms with E-state index in [0.717, 1.165) is 10.8 Å². The highest BCUT2D eigenvalue weighted by atomic mass is 16.5. The zero-order valence-electron chi connectivity index (χ0n) is 12.4. The summed E-state index contributed by atoms with van der Waals surface area (Å²) in [5, 5.41) is 12.1. The zero-order chi connectivity index (χ0) is 16.2. The van der Waals surface area contributed by atoms with Gasteiger partial charge in [0.25, 0.3) is 0 Å². The normalized spacial score (nSPS) is 12.2. The maximum atomic E-state index is 11.6. The molecule has 0 bridgehead atoms. The third kappa shape index (κ3) is 3.49. The van der Waals surface area contributed by atoms with Gasteiger partial charge in [-0.05, 0) is 17.5 Å². The van der Waals surface area contributed by atoms with E-state index < -0.39 is 11.8 Å². The van der Waals surface area contributed by atoms with Crippen molar-refractivity contribution in [2.75, 3.05) is 12.3 Å². The molecule has 0 aliphatic heterocycles. The Hall–Kier alpha value is -2.86. The van der Waals surface area contributed by atoms with Gasteiger partial charge in [-0.3, -0.25) is 4.57 Å². The van der Waals surface area contributed by atoms with Gasteiger partial charge in [0.1, 0.15) is 24.3 Å². The number of ether oxygens (including phenoxy) is 1. The molecular formula is C17H17N3O3. The van der Waals surface area contributed by atoms with Crippen LogP contribution in [0, 0.1) is 0 Å². The number of hydrogen-bond donors (Lipinski definition) is 2. The molecule has 3 aromatic rings. The summed E-state index contributed by atoms with van der Waals surface area (Å²) >= 11 is 0. The Labute approximate surface area is 132 Å². The Morgan fingerprint density at radius 2 is 1.96 bits per heavy atom. The second-order valence-corrected chi connectivity index (χ2v) is 5.23. The van der Waals surface area contributed by atoms with Crippen molar-refractivity contribution in [3.63, 3.8) is 0 Å². The number of nitrogens with two attached hydrogens (primary N) is 1. The Morgan fingerprint density at radius 1 is 1.17 bits per heavy atom. The third-order valence-electron chi connectivity index (χ3n) is 3.48. The van der Waals surface area contributed by atoms with Gasteiger partial charge in [-0.1, -0.05) is 36.4 Å². The molecule has 0 saturated heterocycles. The van der Waals surface area contributed by atoms with E-state index in [1.54, 1.807) is 0 Å². The summed E-state index contributed by atoms with van der Waals surface area (Å²) in [7, 11) is 0. The Balaban J connectivity index is 1.68. The summed E-state index contributed by atoms with van der Waals surface area (Å²) in [5.41, 5.74) is 4.94. The van der Waals surface area contributed by atoms with Crippen molar-refractivity contribution in [3.05, 3.63) is 65.2 Å². The number of anilines is 1. The maximum Gasteiger partial charge on any atom is 0.349 e. The number of nitrogens with zero attached hydrogens (tertiary/aromatic N) is 2. The third-order valence-corrected chi connectivity index (χ3v) is 3.48. The molecule has 1 atom stereocenters. The molecule has 0 fully saturated rings. The van der Waals surface area contributed by atoms with Gasteiger partial charge >= 0.3 is 5.69 Å². The molecule has 0 amide bonds. The number of benzene rings is 2. The number of aliphatic hydroxyl groups is 1. The van der Waals surface area contributed by atoms with Crippen LogP contribution in [0.3, 0.4) is 0 Å². The molecule has 0 aliphatic carbocycles. The average Bonchev–Trinajstić information content (AvgIpc) is 2.55. The molecule has 1 aromatic heterocycles. The van der Waals surface area contributed by atoms with Crippen LogP contribution in [0.25, 0.3) is 10.8 Å².